The number of thiophene rings is 1. The number of rotatable bonds is 2. The maximum Gasteiger partial charge on any atom is 0.264 e. The van der Waals surface area contributed by atoms with Gasteiger partial charge in [0.25, 0.3) is 5.91 Å². The van der Waals surface area contributed by atoms with Crippen LogP contribution in [-0.4, -0.2) is 60.9 Å². The van der Waals surface area contributed by atoms with E-state index in [9.17, 15) is 9.59 Å². The molecule has 22 heavy (non-hydrogen) atoms. The summed E-state index contributed by atoms with van der Waals surface area (Å²) in [6, 6.07) is 3.88. The quantitative estimate of drug-likeness (QED) is 0.894. The number of aryl methyl sites for hydroxylation is 1. The predicted octanol–water partition coefficient (Wildman–Crippen LogP) is 1.34. The molecule has 2 saturated heterocycles. The standard InChI is InChI=1S/C16H23N3O2S/c1-12-4-5-14(22-12)16(21)19-9-7-18(8-10-19)15(20)13-3-2-6-17-11-13/h4-5,13,17H,2-3,6-11H2,1H3. The van der Waals surface area contributed by atoms with Crippen molar-refractivity contribution in [1.82, 2.24) is 15.1 Å². The maximum atomic E-state index is 12.5. The Kier molecular flexibility index (Phi) is 4.78. The first-order valence-corrected chi connectivity index (χ1v) is 8.82. The summed E-state index contributed by atoms with van der Waals surface area (Å²) >= 11 is 1.54. The third-order valence-corrected chi connectivity index (χ3v) is 5.46. The number of hydrogen-bond donors (Lipinski definition) is 1. The van der Waals surface area contributed by atoms with Crippen molar-refractivity contribution in [2.75, 3.05) is 39.3 Å². The Balaban J connectivity index is 1.53. The highest BCUT2D eigenvalue weighted by Gasteiger charge is 2.30. The van der Waals surface area contributed by atoms with E-state index in [0.717, 1.165) is 35.7 Å². The van der Waals surface area contributed by atoms with Gasteiger partial charge in [-0.3, -0.25) is 9.59 Å². The number of amides is 2. The second-order valence-electron chi connectivity index (χ2n) is 6.07. The van der Waals surface area contributed by atoms with Crippen molar-refractivity contribution in [2.24, 2.45) is 5.92 Å². The van der Waals surface area contributed by atoms with Gasteiger partial charge < -0.3 is 15.1 Å². The first-order valence-electron chi connectivity index (χ1n) is 8.00. The fourth-order valence-corrected chi connectivity index (χ4v) is 3.99. The lowest BCUT2D eigenvalue weighted by atomic mass is 9.98. The summed E-state index contributed by atoms with van der Waals surface area (Å²) in [7, 11) is 0. The lowest BCUT2D eigenvalue weighted by molar-refractivity contribution is -0.137. The summed E-state index contributed by atoms with van der Waals surface area (Å²) in [5.74, 6) is 0.478. The molecule has 0 radical (unpaired) electrons. The van der Waals surface area contributed by atoms with Crippen LogP contribution >= 0.6 is 11.3 Å². The molecule has 120 valence electrons. The minimum atomic E-state index is 0.101. The molecule has 2 fully saturated rings. The van der Waals surface area contributed by atoms with E-state index < -0.39 is 0 Å². The van der Waals surface area contributed by atoms with Crippen LogP contribution in [0.1, 0.15) is 27.4 Å². The molecule has 6 heteroatoms. The van der Waals surface area contributed by atoms with Crippen LogP contribution in [0.3, 0.4) is 0 Å². The topological polar surface area (TPSA) is 52.7 Å². The fraction of sp³-hybridized carbons (Fsp3) is 0.625. The van der Waals surface area contributed by atoms with Gasteiger partial charge in [0.2, 0.25) is 5.91 Å². The van der Waals surface area contributed by atoms with Crippen LogP contribution < -0.4 is 5.32 Å². The minimum absolute atomic E-state index is 0.101. The third kappa shape index (κ3) is 3.33. The molecule has 2 amide bonds. The molecule has 1 aromatic rings. The van der Waals surface area contributed by atoms with Gasteiger partial charge in [-0.25, -0.2) is 0 Å². The Bertz CT molecular complexity index is 543. The van der Waals surface area contributed by atoms with Gasteiger partial charge >= 0.3 is 0 Å². The lowest BCUT2D eigenvalue weighted by Gasteiger charge is -2.37. The minimum Gasteiger partial charge on any atom is -0.339 e. The molecule has 1 atom stereocenters. The predicted molar refractivity (Wildman–Crippen MR) is 87.1 cm³/mol. The number of piperidine rings is 1. The molecule has 0 aliphatic carbocycles. The van der Waals surface area contributed by atoms with Crippen LogP contribution in [0.2, 0.25) is 0 Å². The average molecular weight is 321 g/mol. The third-order valence-electron chi connectivity index (χ3n) is 4.48. The molecule has 3 rings (SSSR count). The molecule has 0 aromatic carbocycles. The van der Waals surface area contributed by atoms with Gasteiger partial charge in [-0.05, 0) is 38.4 Å². The highest BCUT2D eigenvalue weighted by atomic mass is 32.1. The molecular formula is C16H23N3O2S. The SMILES string of the molecule is Cc1ccc(C(=O)N2CCN(C(=O)C3CCCNC3)CC2)s1. The number of piperazine rings is 1. The van der Waals surface area contributed by atoms with Crippen molar-refractivity contribution in [3.8, 4) is 0 Å². The van der Waals surface area contributed by atoms with Crippen molar-refractivity contribution in [3.05, 3.63) is 21.9 Å². The van der Waals surface area contributed by atoms with Gasteiger partial charge in [-0.2, -0.15) is 0 Å². The largest absolute Gasteiger partial charge is 0.339 e. The number of nitrogens with zero attached hydrogens (tertiary/aromatic N) is 2. The van der Waals surface area contributed by atoms with Crippen LogP contribution in [0.25, 0.3) is 0 Å². The van der Waals surface area contributed by atoms with Crippen molar-refractivity contribution in [2.45, 2.75) is 19.8 Å². The van der Waals surface area contributed by atoms with E-state index in [4.69, 9.17) is 0 Å². The molecule has 1 aromatic heterocycles. The molecule has 5 nitrogen and oxygen atoms in total. The number of hydrogen-bond acceptors (Lipinski definition) is 4. The van der Waals surface area contributed by atoms with Crippen LogP contribution in [0.15, 0.2) is 12.1 Å². The van der Waals surface area contributed by atoms with Gasteiger partial charge in [0, 0.05) is 37.6 Å². The van der Waals surface area contributed by atoms with E-state index in [1.54, 1.807) is 0 Å². The number of carbonyl (C=O) groups excluding carboxylic acids is 2. The zero-order valence-electron chi connectivity index (χ0n) is 13.0. The molecule has 3 heterocycles. The lowest BCUT2D eigenvalue weighted by Crippen LogP contribution is -2.53. The molecule has 0 spiro atoms. The van der Waals surface area contributed by atoms with Crippen LogP contribution in [0.4, 0.5) is 0 Å². The molecule has 0 bridgehead atoms. The van der Waals surface area contributed by atoms with Gasteiger partial charge in [0.15, 0.2) is 0 Å². The van der Waals surface area contributed by atoms with E-state index >= 15 is 0 Å². The Hall–Kier alpha value is -1.40. The normalized spacial score (nSPS) is 22.7. The molecule has 1 unspecified atom stereocenters. The van der Waals surface area contributed by atoms with Crippen LogP contribution in [0.5, 0.6) is 0 Å². The van der Waals surface area contributed by atoms with Gasteiger partial charge in [-0.1, -0.05) is 0 Å². The summed E-state index contributed by atoms with van der Waals surface area (Å²) in [4.78, 5) is 30.7. The molecule has 2 aliphatic rings. The Labute approximate surface area is 135 Å². The Morgan fingerprint density at radius 1 is 1.18 bits per heavy atom. The van der Waals surface area contributed by atoms with E-state index in [1.165, 1.54) is 11.3 Å². The number of carbonyl (C=O) groups is 2. The first kappa shape index (κ1) is 15.5. The number of nitrogens with one attached hydrogen (secondary N) is 1. The zero-order valence-corrected chi connectivity index (χ0v) is 13.8. The van der Waals surface area contributed by atoms with Crippen molar-refractivity contribution in [3.63, 3.8) is 0 Å². The second-order valence-corrected chi connectivity index (χ2v) is 7.36. The molecular weight excluding hydrogens is 298 g/mol. The van der Waals surface area contributed by atoms with Crippen molar-refractivity contribution >= 4 is 23.2 Å². The summed E-state index contributed by atoms with van der Waals surface area (Å²) in [6.07, 6.45) is 2.06. The zero-order chi connectivity index (χ0) is 15.5. The monoisotopic (exact) mass is 321 g/mol. The van der Waals surface area contributed by atoms with Crippen LogP contribution in [0, 0.1) is 12.8 Å². The smallest absolute Gasteiger partial charge is 0.264 e. The molecule has 1 N–H and O–H groups in total. The first-order chi connectivity index (χ1) is 10.6. The van der Waals surface area contributed by atoms with Gasteiger partial charge in [0.1, 0.15) is 0 Å². The summed E-state index contributed by atoms with van der Waals surface area (Å²) in [6.45, 7) is 6.43. The maximum absolute atomic E-state index is 12.5. The molecule has 2 aliphatic heterocycles. The van der Waals surface area contributed by atoms with E-state index in [2.05, 4.69) is 5.32 Å². The highest BCUT2D eigenvalue weighted by Crippen LogP contribution is 2.19. The summed E-state index contributed by atoms with van der Waals surface area (Å²) < 4.78 is 0. The molecule has 0 saturated carbocycles. The van der Waals surface area contributed by atoms with Gasteiger partial charge in [0.05, 0.1) is 10.8 Å². The summed E-state index contributed by atoms with van der Waals surface area (Å²) in [5, 5.41) is 3.29. The highest BCUT2D eigenvalue weighted by molar-refractivity contribution is 7.13. The average Bonchev–Trinajstić information content (AvgIpc) is 3.01. The van der Waals surface area contributed by atoms with Gasteiger partial charge in [-0.15, -0.1) is 11.3 Å². The van der Waals surface area contributed by atoms with Crippen LogP contribution in [-0.2, 0) is 4.79 Å². The van der Waals surface area contributed by atoms with E-state index in [0.29, 0.717) is 26.2 Å². The fourth-order valence-electron chi connectivity index (χ4n) is 3.16. The summed E-state index contributed by atoms with van der Waals surface area (Å²) in [5.41, 5.74) is 0. The Morgan fingerprint density at radius 3 is 2.50 bits per heavy atom. The van der Waals surface area contributed by atoms with Crippen molar-refractivity contribution in [1.29, 1.82) is 0 Å². The Morgan fingerprint density at radius 2 is 1.91 bits per heavy atom. The second kappa shape index (κ2) is 6.79. The van der Waals surface area contributed by atoms with Crippen molar-refractivity contribution < 1.29 is 9.59 Å². The van der Waals surface area contributed by atoms with E-state index in [1.807, 2.05) is 28.9 Å². The van der Waals surface area contributed by atoms with E-state index in [-0.39, 0.29) is 17.7 Å².